The summed E-state index contributed by atoms with van der Waals surface area (Å²) in [5.74, 6) is 0.294. The molecule has 1 aromatic heterocycles. The Hall–Kier alpha value is -3.17. The van der Waals surface area contributed by atoms with Crippen LogP contribution in [0.4, 0.5) is 11.6 Å². The molecule has 2 aromatic rings. The molecule has 3 rings (SSSR count). The third kappa shape index (κ3) is 3.90. The van der Waals surface area contributed by atoms with Crippen molar-refractivity contribution < 1.29 is 14.3 Å². The average molecular weight is 387 g/mol. The van der Waals surface area contributed by atoms with Crippen LogP contribution in [0.2, 0.25) is 0 Å². The van der Waals surface area contributed by atoms with Crippen LogP contribution in [0.5, 0.6) is 5.75 Å². The van der Waals surface area contributed by atoms with Crippen molar-refractivity contribution in [3.05, 3.63) is 24.3 Å². The number of nitrogens with one attached hydrogen (secondary N) is 1. The van der Waals surface area contributed by atoms with E-state index in [1.54, 1.807) is 38.4 Å². The van der Waals surface area contributed by atoms with Gasteiger partial charge in [0, 0.05) is 12.7 Å². The normalized spacial score (nSPS) is 15.6. The van der Waals surface area contributed by atoms with Crippen LogP contribution >= 0.6 is 0 Å². The minimum Gasteiger partial charge on any atom is -0.497 e. The van der Waals surface area contributed by atoms with Crippen molar-refractivity contribution in [1.82, 2.24) is 25.1 Å². The largest absolute Gasteiger partial charge is 0.497 e. The summed E-state index contributed by atoms with van der Waals surface area (Å²) in [4.78, 5) is 27.6. The molecule has 0 spiro atoms. The van der Waals surface area contributed by atoms with E-state index in [1.165, 1.54) is 9.58 Å². The van der Waals surface area contributed by atoms with E-state index >= 15 is 0 Å². The Morgan fingerprint density at radius 3 is 2.50 bits per heavy atom. The second kappa shape index (κ2) is 8.24. The van der Waals surface area contributed by atoms with E-state index in [-0.39, 0.29) is 24.3 Å². The first-order valence-corrected chi connectivity index (χ1v) is 9.20. The molecule has 3 N–H and O–H groups in total. The van der Waals surface area contributed by atoms with Crippen LogP contribution in [0, 0.1) is 0 Å². The van der Waals surface area contributed by atoms with Crippen LogP contribution in [-0.2, 0) is 16.1 Å². The van der Waals surface area contributed by atoms with E-state index in [4.69, 9.17) is 10.5 Å². The van der Waals surface area contributed by atoms with E-state index < -0.39 is 5.54 Å². The number of carbonyl (C=O) groups excluding carboxylic acids is 2. The molecule has 10 nitrogen and oxygen atoms in total. The number of nitrogens with two attached hydrogens (primary N) is 1. The molecular formula is C18H25N7O3. The lowest BCUT2D eigenvalue weighted by Gasteiger charge is -2.43. The molecule has 1 aliphatic carbocycles. The minimum atomic E-state index is -0.919. The Morgan fingerprint density at radius 2 is 1.93 bits per heavy atom. The average Bonchev–Trinajstić information content (AvgIpc) is 3.12. The molecule has 2 amide bonds. The Labute approximate surface area is 163 Å². The number of hydrogen-bond donors (Lipinski definition) is 2. The maximum atomic E-state index is 13.3. The number of likely N-dealkylation sites (N-methyl/N-ethyl adjacent to an activating group) is 1. The fraction of sp³-hybridized carbons (Fsp3) is 0.500. The third-order valence-electron chi connectivity index (χ3n) is 5.31. The predicted octanol–water partition coefficient (Wildman–Crippen LogP) is 1.06. The van der Waals surface area contributed by atoms with Crippen molar-refractivity contribution in [2.24, 2.45) is 0 Å². The van der Waals surface area contributed by atoms with E-state index in [9.17, 15) is 9.59 Å². The highest BCUT2D eigenvalue weighted by Crippen LogP contribution is 2.34. The maximum absolute atomic E-state index is 13.3. The van der Waals surface area contributed by atoms with E-state index in [2.05, 4.69) is 20.8 Å². The Kier molecular flexibility index (Phi) is 5.76. The Morgan fingerprint density at radius 1 is 1.25 bits per heavy atom. The zero-order chi connectivity index (χ0) is 20.1. The summed E-state index contributed by atoms with van der Waals surface area (Å²) in [5.41, 5.74) is 5.39. The summed E-state index contributed by atoms with van der Waals surface area (Å²) in [5, 5.41) is 13.7. The number of amides is 2. The molecule has 0 bridgehead atoms. The van der Waals surface area contributed by atoms with E-state index in [1.807, 2.05) is 0 Å². The molecule has 1 aliphatic rings. The van der Waals surface area contributed by atoms with Gasteiger partial charge in [-0.2, -0.15) is 0 Å². The fourth-order valence-electron chi connectivity index (χ4n) is 3.57. The monoisotopic (exact) mass is 387 g/mol. The Balaban J connectivity index is 1.79. The molecule has 0 saturated heterocycles. The van der Waals surface area contributed by atoms with Gasteiger partial charge in [0.15, 0.2) is 0 Å². The van der Waals surface area contributed by atoms with Crippen LogP contribution in [-0.4, -0.2) is 56.6 Å². The predicted molar refractivity (Wildman–Crippen MR) is 102 cm³/mol. The van der Waals surface area contributed by atoms with Gasteiger partial charge in [0.05, 0.1) is 7.11 Å². The van der Waals surface area contributed by atoms with Crippen LogP contribution < -0.4 is 15.8 Å². The number of methoxy groups -OCH3 is 1. The zero-order valence-corrected chi connectivity index (χ0v) is 16.1. The summed E-state index contributed by atoms with van der Waals surface area (Å²) < 4.78 is 6.36. The lowest BCUT2D eigenvalue weighted by Crippen LogP contribution is -2.59. The molecule has 10 heteroatoms. The highest BCUT2D eigenvalue weighted by Gasteiger charge is 2.45. The van der Waals surface area contributed by atoms with Gasteiger partial charge in [-0.1, -0.05) is 24.4 Å². The number of nitrogens with zero attached hydrogens (tertiary/aromatic N) is 5. The number of ether oxygens (including phenoxy) is 1. The third-order valence-corrected chi connectivity index (χ3v) is 5.31. The first kappa shape index (κ1) is 19.6. The maximum Gasteiger partial charge on any atom is 0.250 e. The van der Waals surface area contributed by atoms with Gasteiger partial charge in [0.1, 0.15) is 17.8 Å². The van der Waals surface area contributed by atoms with Gasteiger partial charge in [0.25, 0.3) is 0 Å². The van der Waals surface area contributed by atoms with Crippen LogP contribution in [0.15, 0.2) is 24.3 Å². The summed E-state index contributed by atoms with van der Waals surface area (Å²) in [6.45, 7) is -0.118. The SMILES string of the molecule is COc1ccc(NC(=O)C2(N(C)C(=O)Cn3nnnc3N)CCCCC2)cc1. The number of carbonyl (C=O) groups is 2. The van der Waals surface area contributed by atoms with Crippen molar-refractivity contribution in [2.45, 2.75) is 44.2 Å². The van der Waals surface area contributed by atoms with Crippen LogP contribution in [0.25, 0.3) is 0 Å². The van der Waals surface area contributed by atoms with Crippen molar-refractivity contribution in [2.75, 3.05) is 25.2 Å². The lowest BCUT2D eigenvalue weighted by atomic mass is 9.79. The topological polar surface area (TPSA) is 128 Å². The van der Waals surface area contributed by atoms with Gasteiger partial charge in [-0.15, -0.1) is 0 Å². The van der Waals surface area contributed by atoms with E-state index in [0.29, 0.717) is 24.3 Å². The summed E-state index contributed by atoms with van der Waals surface area (Å²) >= 11 is 0. The Bertz CT molecular complexity index is 828. The molecule has 28 heavy (non-hydrogen) atoms. The van der Waals surface area contributed by atoms with Crippen molar-refractivity contribution in [3.8, 4) is 5.75 Å². The molecule has 1 heterocycles. The minimum absolute atomic E-state index is 0.0575. The number of hydrogen-bond acceptors (Lipinski definition) is 7. The van der Waals surface area contributed by atoms with Gasteiger partial charge in [-0.25, -0.2) is 4.68 Å². The summed E-state index contributed by atoms with van der Waals surface area (Å²) in [6.07, 6.45) is 3.99. The zero-order valence-electron chi connectivity index (χ0n) is 16.1. The first-order chi connectivity index (χ1) is 13.5. The molecule has 1 aromatic carbocycles. The van der Waals surface area contributed by atoms with Gasteiger partial charge in [-0.05, 0) is 47.5 Å². The second-order valence-corrected chi connectivity index (χ2v) is 6.92. The van der Waals surface area contributed by atoms with Gasteiger partial charge < -0.3 is 20.7 Å². The first-order valence-electron chi connectivity index (χ1n) is 9.20. The summed E-state index contributed by atoms with van der Waals surface area (Å²) in [7, 11) is 3.24. The quantitative estimate of drug-likeness (QED) is 0.758. The van der Waals surface area contributed by atoms with Gasteiger partial charge in [0.2, 0.25) is 17.8 Å². The fourth-order valence-corrected chi connectivity index (χ4v) is 3.57. The standard InChI is InChI=1S/C18H25N7O3/c1-24(15(26)12-25-17(19)21-22-23-25)18(10-4-3-5-11-18)16(27)20-13-6-8-14(28-2)9-7-13/h6-9H,3-5,10-12H2,1-2H3,(H,20,27)(H2,19,21,23). The number of aromatic nitrogens is 4. The molecule has 0 radical (unpaired) electrons. The van der Waals surface area contributed by atoms with Crippen LogP contribution in [0.3, 0.4) is 0 Å². The van der Waals surface area contributed by atoms with Gasteiger partial charge >= 0.3 is 0 Å². The summed E-state index contributed by atoms with van der Waals surface area (Å²) in [6, 6.07) is 7.10. The molecule has 150 valence electrons. The molecule has 1 fully saturated rings. The smallest absolute Gasteiger partial charge is 0.250 e. The number of rotatable bonds is 6. The van der Waals surface area contributed by atoms with Crippen molar-refractivity contribution >= 4 is 23.5 Å². The molecule has 0 aliphatic heterocycles. The number of nitrogen functional groups attached to an aromatic ring is 1. The highest BCUT2D eigenvalue weighted by molar-refractivity contribution is 6.00. The number of anilines is 2. The van der Waals surface area contributed by atoms with Crippen molar-refractivity contribution in [3.63, 3.8) is 0 Å². The van der Waals surface area contributed by atoms with Crippen molar-refractivity contribution in [1.29, 1.82) is 0 Å². The number of benzene rings is 1. The van der Waals surface area contributed by atoms with E-state index in [0.717, 1.165) is 19.3 Å². The number of tetrazole rings is 1. The molecule has 0 unspecified atom stereocenters. The lowest BCUT2D eigenvalue weighted by molar-refractivity contribution is -0.146. The molecule has 1 saturated carbocycles. The van der Waals surface area contributed by atoms with Crippen LogP contribution in [0.1, 0.15) is 32.1 Å². The van der Waals surface area contributed by atoms with Gasteiger partial charge in [-0.3, -0.25) is 9.59 Å². The second-order valence-electron chi connectivity index (χ2n) is 6.92. The molecule has 0 atom stereocenters. The molecular weight excluding hydrogens is 362 g/mol. The highest BCUT2D eigenvalue weighted by atomic mass is 16.5.